The second kappa shape index (κ2) is 4.49. The highest BCUT2D eigenvalue weighted by Crippen LogP contribution is 2.18. The molecule has 0 saturated heterocycles. The predicted molar refractivity (Wildman–Crippen MR) is 65.9 cm³/mol. The summed E-state index contributed by atoms with van der Waals surface area (Å²) in [4.78, 5) is 10.5. The normalized spacial score (nSPS) is 10.8. The molecule has 0 atom stereocenters. The summed E-state index contributed by atoms with van der Waals surface area (Å²) < 4.78 is 0. The fraction of sp³-hybridized carbons (Fsp3) is 0. The summed E-state index contributed by atoms with van der Waals surface area (Å²) >= 11 is 0. The molecule has 3 nitrogen and oxygen atoms in total. The zero-order chi connectivity index (χ0) is 11.4. The molecule has 0 radical (unpaired) electrons. The van der Waals surface area contributed by atoms with Crippen LogP contribution in [0.2, 0.25) is 0 Å². The molecule has 16 heavy (non-hydrogen) atoms. The Bertz CT molecular complexity index is 546. The van der Waals surface area contributed by atoms with E-state index in [4.69, 9.17) is 5.73 Å². The van der Waals surface area contributed by atoms with Gasteiger partial charge in [0.15, 0.2) is 0 Å². The van der Waals surface area contributed by atoms with E-state index in [1.54, 1.807) is 0 Å². The van der Waals surface area contributed by atoms with Gasteiger partial charge in [-0.05, 0) is 22.9 Å². The van der Waals surface area contributed by atoms with Gasteiger partial charge in [0.1, 0.15) is 0 Å². The van der Waals surface area contributed by atoms with Crippen LogP contribution in [0, 0.1) is 0 Å². The van der Waals surface area contributed by atoms with Gasteiger partial charge in [-0.3, -0.25) is 4.79 Å². The molecule has 0 aliphatic rings. The molecule has 0 fully saturated rings. The summed E-state index contributed by atoms with van der Waals surface area (Å²) in [5.41, 5.74) is 5.91. The second-order valence-corrected chi connectivity index (χ2v) is 3.44. The van der Waals surface area contributed by atoms with E-state index in [1.807, 2.05) is 36.4 Å². The molecule has 0 aliphatic carbocycles. The van der Waals surface area contributed by atoms with Gasteiger partial charge in [0.25, 0.3) is 0 Å². The van der Waals surface area contributed by atoms with Crippen LogP contribution in [0.5, 0.6) is 0 Å². The monoisotopic (exact) mass is 212 g/mol. The average Bonchev–Trinajstić information content (AvgIpc) is 2.28. The van der Waals surface area contributed by atoms with Gasteiger partial charge in [0.2, 0.25) is 5.91 Å². The van der Waals surface area contributed by atoms with Crippen LogP contribution >= 0.6 is 0 Å². The smallest absolute Gasteiger partial charge is 0.242 e. The zero-order valence-corrected chi connectivity index (χ0v) is 8.68. The minimum absolute atomic E-state index is 0.465. The molecule has 0 aromatic heterocycles. The van der Waals surface area contributed by atoms with Crippen LogP contribution in [0.25, 0.3) is 10.8 Å². The van der Waals surface area contributed by atoms with Crippen LogP contribution in [0.3, 0.4) is 0 Å². The number of nitrogens with two attached hydrogens (primary N) is 1. The molecular weight excluding hydrogens is 200 g/mol. The van der Waals surface area contributed by atoms with Crippen molar-refractivity contribution < 1.29 is 4.79 Å². The van der Waals surface area contributed by atoms with Crippen molar-refractivity contribution in [1.29, 1.82) is 0 Å². The van der Waals surface area contributed by atoms with Crippen molar-refractivity contribution in [2.45, 2.75) is 0 Å². The van der Waals surface area contributed by atoms with Gasteiger partial charge in [-0.15, -0.1) is 0 Å². The predicted octanol–water partition coefficient (Wildman–Crippen LogP) is 2.25. The minimum Gasteiger partial charge on any atom is -0.366 e. The Morgan fingerprint density at radius 3 is 2.62 bits per heavy atom. The van der Waals surface area contributed by atoms with E-state index in [0.29, 0.717) is 0 Å². The zero-order valence-electron chi connectivity index (χ0n) is 8.68. The van der Waals surface area contributed by atoms with Crippen molar-refractivity contribution in [3.63, 3.8) is 0 Å². The fourth-order valence-corrected chi connectivity index (χ4v) is 1.50. The third-order valence-electron chi connectivity index (χ3n) is 2.25. The van der Waals surface area contributed by atoms with Crippen LogP contribution in [0.1, 0.15) is 0 Å². The largest absolute Gasteiger partial charge is 0.366 e. The van der Waals surface area contributed by atoms with E-state index in [9.17, 15) is 4.79 Å². The fourth-order valence-electron chi connectivity index (χ4n) is 1.50. The lowest BCUT2D eigenvalue weighted by molar-refractivity contribution is -0.113. The van der Waals surface area contributed by atoms with Crippen LogP contribution in [0.15, 0.2) is 54.7 Å². The molecule has 1 amide bonds. The molecule has 0 heterocycles. The van der Waals surface area contributed by atoms with E-state index < -0.39 is 5.91 Å². The first kappa shape index (κ1) is 10.2. The molecule has 80 valence electrons. The van der Waals surface area contributed by atoms with Crippen molar-refractivity contribution in [2.75, 3.05) is 5.32 Å². The highest BCUT2D eigenvalue weighted by molar-refractivity contribution is 5.87. The van der Waals surface area contributed by atoms with Crippen LogP contribution in [-0.2, 0) is 4.79 Å². The Balaban J connectivity index is 2.23. The SMILES string of the molecule is NC(=O)C=CNc1ccc2ccccc2c1. The van der Waals surface area contributed by atoms with Gasteiger partial charge in [-0.1, -0.05) is 30.3 Å². The first-order chi connectivity index (χ1) is 7.75. The van der Waals surface area contributed by atoms with E-state index in [0.717, 1.165) is 11.1 Å². The quantitative estimate of drug-likeness (QED) is 0.767. The molecule has 0 aliphatic heterocycles. The summed E-state index contributed by atoms with van der Waals surface area (Å²) in [6.45, 7) is 0. The molecule has 2 aromatic rings. The number of carbonyl (C=O) groups is 1. The van der Waals surface area contributed by atoms with E-state index in [1.165, 1.54) is 17.7 Å². The summed E-state index contributed by atoms with van der Waals surface area (Å²) in [6.07, 6.45) is 2.82. The van der Waals surface area contributed by atoms with E-state index >= 15 is 0 Å². The number of fused-ring (bicyclic) bond motifs is 1. The van der Waals surface area contributed by atoms with Crippen molar-refractivity contribution in [3.05, 3.63) is 54.7 Å². The number of carbonyl (C=O) groups excluding carboxylic acids is 1. The molecule has 3 N–H and O–H groups in total. The van der Waals surface area contributed by atoms with Crippen molar-refractivity contribution in [3.8, 4) is 0 Å². The molecule has 0 bridgehead atoms. The maximum atomic E-state index is 10.5. The highest BCUT2D eigenvalue weighted by atomic mass is 16.1. The molecule has 0 spiro atoms. The third-order valence-corrected chi connectivity index (χ3v) is 2.25. The summed E-state index contributed by atoms with van der Waals surface area (Å²) in [6, 6.07) is 14.1. The molecule has 0 unspecified atom stereocenters. The van der Waals surface area contributed by atoms with Crippen LogP contribution in [-0.4, -0.2) is 5.91 Å². The van der Waals surface area contributed by atoms with Gasteiger partial charge >= 0.3 is 0 Å². The number of nitrogens with one attached hydrogen (secondary N) is 1. The minimum atomic E-state index is -0.465. The molecule has 3 heteroatoms. The first-order valence-electron chi connectivity index (χ1n) is 4.97. The van der Waals surface area contributed by atoms with Gasteiger partial charge in [0, 0.05) is 18.0 Å². The van der Waals surface area contributed by atoms with Crippen LogP contribution < -0.4 is 11.1 Å². The number of anilines is 1. The number of primary amides is 1. The second-order valence-electron chi connectivity index (χ2n) is 3.44. The van der Waals surface area contributed by atoms with Crippen LogP contribution in [0.4, 0.5) is 5.69 Å². The van der Waals surface area contributed by atoms with Crippen molar-refractivity contribution in [2.24, 2.45) is 5.73 Å². The topological polar surface area (TPSA) is 55.1 Å². The number of rotatable bonds is 3. The maximum Gasteiger partial charge on any atom is 0.242 e. The highest BCUT2D eigenvalue weighted by Gasteiger charge is 1.93. The average molecular weight is 212 g/mol. The summed E-state index contributed by atoms with van der Waals surface area (Å²) in [7, 11) is 0. The Kier molecular flexibility index (Phi) is 2.87. The van der Waals surface area contributed by atoms with Crippen molar-refractivity contribution in [1.82, 2.24) is 0 Å². The molecule has 2 rings (SSSR count). The Hall–Kier alpha value is -2.29. The number of amides is 1. The van der Waals surface area contributed by atoms with Crippen molar-refractivity contribution >= 4 is 22.4 Å². The first-order valence-corrected chi connectivity index (χ1v) is 4.97. The van der Waals surface area contributed by atoms with Gasteiger partial charge in [-0.2, -0.15) is 0 Å². The molecular formula is C13H12N2O. The van der Waals surface area contributed by atoms with Gasteiger partial charge in [-0.25, -0.2) is 0 Å². The molecule has 2 aromatic carbocycles. The number of hydrogen-bond acceptors (Lipinski definition) is 2. The lowest BCUT2D eigenvalue weighted by atomic mass is 10.1. The Morgan fingerprint density at radius 1 is 1.12 bits per heavy atom. The third kappa shape index (κ3) is 2.39. The Morgan fingerprint density at radius 2 is 1.88 bits per heavy atom. The van der Waals surface area contributed by atoms with Gasteiger partial charge < -0.3 is 11.1 Å². The standard InChI is InChI=1S/C13H12N2O/c14-13(16)7-8-15-12-6-5-10-3-1-2-4-11(10)9-12/h1-9,15H,(H2,14,16). The molecule has 0 saturated carbocycles. The lowest BCUT2D eigenvalue weighted by Crippen LogP contribution is -2.06. The van der Waals surface area contributed by atoms with E-state index in [-0.39, 0.29) is 0 Å². The lowest BCUT2D eigenvalue weighted by Gasteiger charge is -2.02. The summed E-state index contributed by atoms with van der Waals surface area (Å²) in [5, 5.41) is 5.33. The van der Waals surface area contributed by atoms with Gasteiger partial charge in [0.05, 0.1) is 0 Å². The number of hydrogen-bond donors (Lipinski definition) is 2. The van der Waals surface area contributed by atoms with E-state index in [2.05, 4.69) is 11.4 Å². The summed E-state index contributed by atoms with van der Waals surface area (Å²) in [5.74, 6) is -0.465. The Labute approximate surface area is 93.6 Å². The number of benzene rings is 2. The maximum absolute atomic E-state index is 10.5.